The van der Waals surface area contributed by atoms with Crippen LogP contribution < -0.4 is 9.47 Å². The number of hydrogen-bond acceptors (Lipinski definition) is 4. The van der Waals surface area contributed by atoms with Crippen LogP contribution in [-0.4, -0.2) is 35.8 Å². The van der Waals surface area contributed by atoms with Crippen molar-refractivity contribution in [1.82, 2.24) is 9.97 Å². The van der Waals surface area contributed by atoms with Gasteiger partial charge in [-0.1, -0.05) is 128 Å². The molecule has 0 saturated carbocycles. The van der Waals surface area contributed by atoms with Crippen LogP contribution in [0.4, 0.5) is 0 Å². The number of aromatic nitrogens is 2. The van der Waals surface area contributed by atoms with Crippen LogP contribution >= 0.6 is 0 Å². The highest BCUT2D eigenvalue weighted by atomic mass is 16.5. The quantitative estimate of drug-likeness (QED) is 0.0539. The number of aromatic amines is 2. The Labute approximate surface area is 300 Å². The van der Waals surface area contributed by atoms with Crippen molar-refractivity contribution in [1.29, 1.82) is 0 Å². The standard InChI is InChI=1S/C44H60N2O4/c1-5-7-9-11-13-15-17-19-29-49-37-25-21-35(22-26-37)41-33(3)43(45-39(41)31-47)44-34(4)42(40(32-48)46-44)36-23-27-38(28-24-36)50-30-20-18-16-14-12-10-8-6-2/h21-28,31-32,45-46H,5-20,29-30H2,1-4H3. The molecule has 0 saturated heterocycles. The second-order valence-corrected chi connectivity index (χ2v) is 13.8. The smallest absolute Gasteiger partial charge is 0.166 e. The fourth-order valence-electron chi connectivity index (χ4n) is 6.94. The first-order valence-corrected chi connectivity index (χ1v) is 19.3. The zero-order valence-electron chi connectivity index (χ0n) is 31.1. The van der Waals surface area contributed by atoms with Crippen LogP contribution in [0, 0.1) is 13.8 Å². The molecule has 0 atom stereocenters. The number of benzene rings is 2. The van der Waals surface area contributed by atoms with Gasteiger partial charge in [-0.25, -0.2) is 0 Å². The summed E-state index contributed by atoms with van der Waals surface area (Å²) in [6, 6.07) is 16.0. The Morgan fingerprint density at radius 2 is 0.800 bits per heavy atom. The van der Waals surface area contributed by atoms with Gasteiger partial charge in [0.15, 0.2) is 12.6 Å². The van der Waals surface area contributed by atoms with E-state index in [2.05, 4.69) is 23.8 Å². The molecule has 0 bridgehead atoms. The van der Waals surface area contributed by atoms with E-state index in [-0.39, 0.29) is 0 Å². The van der Waals surface area contributed by atoms with E-state index < -0.39 is 0 Å². The largest absolute Gasteiger partial charge is 0.494 e. The Morgan fingerprint density at radius 1 is 0.480 bits per heavy atom. The lowest BCUT2D eigenvalue weighted by molar-refractivity contribution is 0.111. The number of H-pyrrole nitrogens is 2. The Kier molecular flexibility index (Phi) is 16.4. The summed E-state index contributed by atoms with van der Waals surface area (Å²) < 4.78 is 12.0. The zero-order valence-corrected chi connectivity index (χ0v) is 31.1. The summed E-state index contributed by atoms with van der Waals surface area (Å²) in [5.74, 6) is 1.67. The molecule has 4 aromatic rings. The number of rotatable bonds is 25. The van der Waals surface area contributed by atoms with Crippen molar-refractivity contribution in [2.24, 2.45) is 0 Å². The predicted octanol–water partition coefficient (Wildman–Crippen LogP) is 12.6. The molecule has 2 aromatic carbocycles. The van der Waals surface area contributed by atoms with Gasteiger partial charge in [-0.05, 0) is 73.2 Å². The summed E-state index contributed by atoms with van der Waals surface area (Å²) in [5, 5.41) is 0. The van der Waals surface area contributed by atoms with Crippen LogP contribution in [0.3, 0.4) is 0 Å². The molecule has 0 fully saturated rings. The molecule has 2 N–H and O–H groups in total. The third-order valence-electron chi connectivity index (χ3n) is 9.86. The van der Waals surface area contributed by atoms with Crippen LogP contribution in [0.15, 0.2) is 48.5 Å². The van der Waals surface area contributed by atoms with Crippen molar-refractivity contribution in [2.45, 2.75) is 130 Å². The Balaban J connectivity index is 1.38. The van der Waals surface area contributed by atoms with Crippen LogP contribution in [-0.2, 0) is 0 Å². The molecule has 2 aromatic heterocycles. The number of hydrogen-bond donors (Lipinski definition) is 2. The van der Waals surface area contributed by atoms with Crippen molar-refractivity contribution >= 4 is 12.6 Å². The fourth-order valence-corrected chi connectivity index (χ4v) is 6.94. The maximum absolute atomic E-state index is 12.3. The molecule has 0 amide bonds. The topological polar surface area (TPSA) is 84.2 Å². The van der Waals surface area contributed by atoms with Crippen molar-refractivity contribution in [2.75, 3.05) is 13.2 Å². The molecular formula is C44H60N2O4. The minimum Gasteiger partial charge on any atom is -0.494 e. The molecular weight excluding hydrogens is 620 g/mol. The van der Waals surface area contributed by atoms with E-state index in [0.717, 1.165) is 81.7 Å². The van der Waals surface area contributed by atoms with E-state index in [1.54, 1.807) is 0 Å². The molecule has 0 unspecified atom stereocenters. The normalized spacial score (nSPS) is 11.2. The van der Waals surface area contributed by atoms with Crippen LogP contribution in [0.25, 0.3) is 33.6 Å². The zero-order chi connectivity index (χ0) is 35.6. The van der Waals surface area contributed by atoms with Gasteiger partial charge in [0.1, 0.15) is 11.5 Å². The van der Waals surface area contributed by atoms with Gasteiger partial charge in [0.2, 0.25) is 0 Å². The monoisotopic (exact) mass is 680 g/mol. The van der Waals surface area contributed by atoms with Gasteiger partial charge in [0.05, 0.1) is 36.0 Å². The molecule has 270 valence electrons. The van der Waals surface area contributed by atoms with Crippen LogP contribution in [0.1, 0.15) is 149 Å². The first-order valence-electron chi connectivity index (χ1n) is 19.3. The molecule has 4 rings (SSSR count). The van der Waals surface area contributed by atoms with Gasteiger partial charge in [-0.2, -0.15) is 0 Å². The minimum absolute atomic E-state index is 0.506. The third kappa shape index (κ3) is 11.0. The molecule has 50 heavy (non-hydrogen) atoms. The summed E-state index contributed by atoms with van der Waals surface area (Å²) in [5.41, 5.74) is 8.08. The second kappa shape index (κ2) is 21.2. The lowest BCUT2D eigenvalue weighted by Crippen LogP contribution is -1.97. The number of unbranched alkanes of at least 4 members (excludes halogenated alkanes) is 14. The van der Waals surface area contributed by atoms with Crippen molar-refractivity contribution in [3.63, 3.8) is 0 Å². The van der Waals surface area contributed by atoms with Gasteiger partial charge in [-0.15, -0.1) is 0 Å². The van der Waals surface area contributed by atoms with Crippen LogP contribution in [0.2, 0.25) is 0 Å². The lowest BCUT2D eigenvalue weighted by Gasteiger charge is -2.09. The highest BCUT2D eigenvalue weighted by Crippen LogP contribution is 2.40. The maximum Gasteiger partial charge on any atom is 0.166 e. The first-order chi connectivity index (χ1) is 24.5. The van der Waals surface area contributed by atoms with Gasteiger partial charge in [0, 0.05) is 11.1 Å². The van der Waals surface area contributed by atoms with Crippen molar-refractivity contribution in [3.8, 4) is 45.1 Å². The number of nitrogens with one attached hydrogen (secondary N) is 2. The lowest BCUT2D eigenvalue weighted by atomic mass is 9.97. The molecule has 0 aliphatic heterocycles. The third-order valence-corrected chi connectivity index (χ3v) is 9.86. The molecule has 6 nitrogen and oxygen atoms in total. The molecule has 2 heterocycles. The second-order valence-electron chi connectivity index (χ2n) is 13.8. The number of aldehydes is 2. The van der Waals surface area contributed by atoms with E-state index in [1.165, 1.54) is 89.9 Å². The molecule has 6 heteroatoms. The van der Waals surface area contributed by atoms with Gasteiger partial charge >= 0.3 is 0 Å². The average Bonchev–Trinajstić information content (AvgIpc) is 3.65. The summed E-state index contributed by atoms with van der Waals surface area (Å²) >= 11 is 0. The number of carbonyl (C=O) groups is 2. The highest BCUT2D eigenvalue weighted by molar-refractivity contribution is 5.95. The summed E-state index contributed by atoms with van der Waals surface area (Å²) in [7, 11) is 0. The highest BCUT2D eigenvalue weighted by Gasteiger charge is 2.23. The summed E-state index contributed by atoms with van der Waals surface area (Å²) in [6.07, 6.45) is 22.0. The van der Waals surface area contributed by atoms with E-state index in [0.29, 0.717) is 24.6 Å². The number of carbonyl (C=O) groups excluding carboxylic acids is 2. The number of ether oxygens (including phenoxy) is 2. The minimum atomic E-state index is 0.506. The van der Waals surface area contributed by atoms with E-state index in [9.17, 15) is 9.59 Å². The summed E-state index contributed by atoms with van der Waals surface area (Å²) in [4.78, 5) is 31.2. The van der Waals surface area contributed by atoms with Gasteiger partial charge < -0.3 is 19.4 Å². The molecule has 0 aliphatic rings. The molecule has 0 radical (unpaired) electrons. The van der Waals surface area contributed by atoms with E-state index in [1.807, 2.05) is 62.4 Å². The average molecular weight is 681 g/mol. The SMILES string of the molecule is CCCCCCCCCCOc1ccc(-c2c(C=O)[nH]c(-c3[nH]c(C=O)c(-c4ccc(OCCCCCCCCCC)cc4)c3C)c2C)cc1. The maximum atomic E-state index is 12.3. The Bertz CT molecular complexity index is 1460. The van der Waals surface area contributed by atoms with E-state index in [4.69, 9.17) is 9.47 Å². The predicted molar refractivity (Wildman–Crippen MR) is 208 cm³/mol. The fraction of sp³-hybridized carbons (Fsp3) is 0.500. The van der Waals surface area contributed by atoms with Crippen molar-refractivity contribution in [3.05, 3.63) is 71.0 Å². The van der Waals surface area contributed by atoms with E-state index >= 15 is 0 Å². The van der Waals surface area contributed by atoms with Crippen molar-refractivity contribution < 1.29 is 19.1 Å². The molecule has 0 spiro atoms. The summed E-state index contributed by atoms with van der Waals surface area (Å²) in [6.45, 7) is 9.96. The Morgan fingerprint density at radius 3 is 1.12 bits per heavy atom. The van der Waals surface area contributed by atoms with Gasteiger partial charge in [-0.3, -0.25) is 9.59 Å². The first kappa shape index (κ1) is 38.7. The Hall–Kier alpha value is -4.06. The van der Waals surface area contributed by atoms with Gasteiger partial charge in [0.25, 0.3) is 0 Å². The van der Waals surface area contributed by atoms with Crippen LogP contribution in [0.5, 0.6) is 11.5 Å². The molecule has 0 aliphatic carbocycles.